The molecule has 0 saturated heterocycles. The Labute approximate surface area is 152 Å². The zero-order valence-corrected chi connectivity index (χ0v) is 14.6. The van der Waals surface area contributed by atoms with E-state index < -0.39 is 17.1 Å². The number of aromatic nitrogens is 1. The smallest absolute Gasteiger partial charge is 0.404 e. The average molecular weight is 375 g/mol. The van der Waals surface area contributed by atoms with Gasteiger partial charge in [0.2, 0.25) is 0 Å². The highest BCUT2D eigenvalue weighted by atomic mass is 32.1. The zero-order chi connectivity index (χ0) is 18.7. The number of ether oxygens (including phenoxy) is 1. The summed E-state index contributed by atoms with van der Waals surface area (Å²) in [5.74, 6) is -0.0836. The third kappa shape index (κ3) is 3.67. The summed E-state index contributed by atoms with van der Waals surface area (Å²) < 4.78 is 5.89. The summed E-state index contributed by atoms with van der Waals surface area (Å²) in [6.45, 7) is 0. The second-order valence-electron chi connectivity index (χ2n) is 6.16. The number of amides is 1. The summed E-state index contributed by atoms with van der Waals surface area (Å²) in [6, 6.07) is 3.77. The Morgan fingerprint density at radius 1 is 1.58 bits per heavy atom. The van der Waals surface area contributed by atoms with Gasteiger partial charge in [-0.1, -0.05) is 0 Å². The minimum absolute atomic E-state index is 0.0836. The molecule has 1 aliphatic carbocycles. The van der Waals surface area contributed by atoms with E-state index in [9.17, 15) is 14.9 Å². The van der Waals surface area contributed by atoms with E-state index in [1.165, 1.54) is 17.5 Å². The standard InChI is InChI=1S/C16H17N5O4S/c17-5-3-9-1-2-10(7-13(9)25-16(18)22)20-14-12(21(23)24)8-19-11-4-6-26-15(11)14/h4,6,8-10,13H,1-3,7H2,(H2,18,22)(H,19,20)/t9-,10+,13-/m1/s1. The molecule has 0 radical (unpaired) electrons. The van der Waals surface area contributed by atoms with Crippen molar-refractivity contribution in [1.82, 2.24) is 4.98 Å². The molecule has 1 amide bonds. The third-order valence-electron chi connectivity index (χ3n) is 4.55. The van der Waals surface area contributed by atoms with Crippen molar-refractivity contribution < 1.29 is 14.5 Å². The van der Waals surface area contributed by atoms with E-state index in [1.54, 1.807) is 6.07 Å². The van der Waals surface area contributed by atoms with Crippen LogP contribution in [0.4, 0.5) is 16.2 Å². The van der Waals surface area contributed by atoms with E-state index >= 15 is 0 Å². The minimum atomic E-state index is -0.880. The summed E-state index contributed by atoms with van der Waals surface area (Å²) in [4.78, 5) is 26.2. The molecule has 3 rings (SSSR count). The second kappa shape index (κ2) is 7.53. The fourth-order valence-corrected chi connectivity index (χ4v) is 4.21. The van der Waals surface area contributed by atoms with Crippen LogP contribution in [0.1, 0.15) is 25.7 Å². The number of anilines is 1. The summed E-state index contributed by atoms with van der Waals surface area (Å²) in [6.07, 6.45) is 1.95. The minimum Gasteiger partial charge on any atom is -0.446 e. The van der Waals surface area contributed by atoms with Crippen LogP contribution in [0.2, 0.25) is 0 Å². The topological polar surface area (TPSA) is 144 Å². The maximum atomic E-state index is 11.4. The van der Waals surface area contributed by atoms with Crippen LogP contribution in [-0.4, -0.2) is 28.1 Å². The monoisotopic (exact) mass is 375 g/mol. The molecular weight excluding hydrogens is 358 g/mol. The van der Waals surface area contributed by atoms with Gasteiger partial charge in [-0.15, -0.1) is 11.3 Å². The molecular formula is C16H17N5O4S. The second-order valence-corrected chi connectivity index (χ2v) is 7.08. The van der Waals surface area contributed by atoms with Crippen molar-refractivity contribution in [2.45, 2.75) is 37.8 Å². The van der Waals surface area contributed by atoms with E-state index in [4.69, 9.17) is 15.7 Å². The molecule has 1 fully saturated rings. The van der Waals surface area contributed by atoms with Gasteiger partial charge in [0.05, 0.1) is 21.2 Å². The van der Waals surface area contributed by atoms with Gasteiger partial charge in [0.25, 0.3) is 0 Å². The molecule has 0 bridgehead atoms. The summed E-state index contributed by atoms with van der Waals surface area (Å²) >= 11 is 1.38. The highest BCUT2D eigenvalue weighted by Crippen LogP contribution is 2.38. The molecule has 0 spiro atoms. The molecule has 3 atom stereocenters. The van der Waals surface area contributed by atoms with E-state index in [1.807, 2.05) is 5.38 Å². The highest BCUT2D eigenvalue weighted by Gasteiger charge is 2.34. The summed E-state index contributed by atoms with van der Waals surface area (Å²) in [5.41, 5.74) is 6.17. The SMILES string of the molecule is N#CC[C@H]1CC[C@H](Nc2c([N+](=O)[O-])cnc3ccsc23)C[C@H]1OC(N)=O. The molecule has 10 heteroatoms. The molecule has 1 saturated carbocycles. The molecule has 9 nitrogen and oxygen atoms in total. The van der Waals surface area contributed by atoms with Crippen molar-refractivity contribution in [3.63, 3.8) is 0 Å². The lowest BCUT2D eigenvalue weighted by Gasteiger charge is -2.35. The molecule has 136 valence electrons. The van der Waals surface area contributed by atoms with Crippen LogP contribution in [0, 0.1) is 27.4 Å². The number of hydrogen-bond acceptors (Lipinski definition) is 8. The number of fused-ring (bicyclic) bond motifs is 1. The van der Waals surface area contributed by atoms with Crippen molar-refractivity contribution in [1.29, 1.82) is 5.26 Å². The first kappa shape index (κ1) is 17.9. The number of hydrogen-bond donors (Lipinski definition) is 2. The Hall–Kier alpha value is -2.93. The van der Waals surface area contributed by atoms with E-state index in [0.29, 0.717) is 35.2 Å². The third-order valence-corrected chi connectivity index (χ3v) is 5.47. The number of rotatable bonds is 5. The molecule has 0 aromatic carbocycles. The number of carbonyl (C=O) groups is 1. The normalized spacial score (nSPS) is 22.5. The number of nitro groups is 1. The van der Waals surface area contributed by atoms with Crippen molar-refractivity contribution in [2.75, 3.05) is 5.32 Å². The lowest BCUT2D eigenvalue weighted by atomic mass is 9.81. The van der Waals surface area contributed by atoms with Crippen molar-refractivity contribution in [3.05, 3.63) is 27.8 Å². The molecule has 1 aliphatic rings. The predicted octanol–water partition coefficient (Wildman–Crippen LogP) is 3.16. The number of nitrogens with one attached hydrogen (secondary N) is 1. The molecule has 2 aromatic heterocycles. The van der Waals surface area contributed by atoms with Crippen molar-refractivity contribution >= 4 is 39.0 Å². The number of carbonyl (C=O) groups excluding carboxylic acids is 1. The molecule has 26 heavy (non-hydrogen) atoms. The van der Waals surface area contributed by atoms with Gasteiger partial charge >= 0.3 is 11.8 Å². The van der Waals surface area contributed by atoms with Gasteiger partial charge in [0, 0.05) is 24.8 Å². The Kier molecular flexibility index (Phi) is 5.18. The van der Waals surface area contributed by atoms with Gasteiger partial charge in [-0.2, -0.15) is 5.26 Å². The molecule has 3 N–H and O–H groups in total. The first-order valence-electron chi connectivity index (χ1n) is 8.09. The molecule has 0 unspecified atom stereocenters. The van der Waals surface area contributed by atoms with Crippen LogP contribution in [0.5, 0.6) is 0 Å². The van der Waals surface area contributed by atoms with Gasteiger partial charge in [-0.3, -0.25) is 10.1 Å². The van der Waals surface area contributed by atoms with Gasteiger partial charge in [0.1, 0.15) is 18.0 Å². The number of nitrogens with two attached hydrogens (primary N) is 1. The van der Waals surface area contributed by atoms with Crippen LogP contribution in [-0.2, 0) is 4.74 Å². The Bertz CT molecular complexity index is 877. The van der Waals surface area contributed by atoms with Gasteiger partial charge < -0.3 is 15.8 Å². The fourth-order valence-electron chi connectivity index (χ4n) is 3.35. The van der Waals surface area contributed by atoms with Crippen LogP contribution in [0.3, 0.4) is 0 Å². The number of thiophene rings is 1. The lowest BCUT2D eigenvalue weighted by Crippen LogP contribution is -2.40. The van der Waals surface area contributed by atoms with E-state index in [2.05, 4.69) is 16.4 Å². The van der Waals surface area contributed by atoms with Gasteiger partial charge in [0.15, 0.2) is 0 Å². The first-order chi connectivity index (χ1) is 12.5. The number of nitrogens with zero attached hydrogens (tertiary/aromatic N) is 3. The van der Waals surface area contributed by atoms with Gasteiger partial charge in [-0.25, -0.2) is 9.78 Å². The molecule has 2 heterocycles. The summed E-state index contributed by atoms with van der Waals surface area (Å²) in [5, 5.41) is 25.4. The summed E-state index contributed by atoms with van der Waals surface area (Å²) in [7, 11) is 0. The zero-order valence-electron chi connectivity index (χ0n) is 13.8. The van der Waals surface area contributed by atoms with E-state index in [0.717, 1.165) is 0 Å². The Balaban J connectivity index is 1.85. The fraction of sp³-hybridized carbons (Fsp3) is 0.438. The number of nitriles is 1. The van der Waals surface area contributed by atoms with Crippen LogP contribution < -0.4 is 11.1 Å². The van der Waals surface area contributed by atoms with Crippen LogP contribution >= 0.6 is 11.3 Å². The van der Waals surface area contributed by atoms with Crippen molar-refractivity contribution in [2.24, 2.45) is 11.7 Å². The van der Waals surface area contributed by atoms with Crippen molar-refractivity contribution in [3.8, 4) is 6.07 Å². The lowest BCUT2D eigenvalue weighted by molar-refractivity contribution is -0.384. The highest BCUT2D eigenvalue weighted by molar-refractivity contribution is 7.17. The van der Waals surface area contributed by atoms with Crippen LogP contribution in [0.15, 0.2) is 17.6 Å². The number of pyridine rings is 1. The van der Waals surface area contributed by atoms with Gasteiger partial charge in [-0.05, 0) is 24.3 Å². The Morgan fingerprint density at radius 2 is 2.38 bits per heavy atom. The molecule has 2 aromatic rings. The van der Waals surface area contributed by atoms with E-state index in [-0.39, 0.29) is 24.1 Å². The Morgan fingerprint density at radius 3 is 3.08 bits per heavy atom. The predicted molar refractivity (Wildman–Crippen MR) is 95.7 cm³/mol. The quantitative estimate of drug-likeness (QED) is 0.603. The van der Waals surface area contributed by atoms with Crippen LogP contribution in [0.25, 0.3) is 10.2 Å². The molecule has 0 aliphatic heterocycles. The largest absolute Gasteiger partial charge is 0.446 e. The first-order valence-corrected chi connectivity index (χ1v) is 8.97. The number of primary amides is 1. The maximum Gasteiger partial charge on any atom is 0.404 e. The maximum absolute atomic E-state index is 11.4. The average Bonchev–Trinajstić information content (AvgIpc) is 3.06.